The van der Waals surface area contributed by atoms with Gasteiger partial charge in [0.15, 0.2) is 5.82 Å². The Labute approximate surface area is 163 Å². The summed E-state index contributed by atoms with van der Waals surface area (Å²) < 4.78 is 1.44. The highest BCUT2D eigenvalue weighted by Crippen LogP contribution is 2.24. The summed E-state index contributed by atoms with van der Waals surface area (Å²) in [5, 5.41) is 8.85. The molecular formula is C20H23N5OS. The van der Waals surface area contributed by atoms with Crippen molar-refractivity contribution in [2.45, 2.75) is 32.0 Å². The number of carbonyl (C=O) groups is 1. The molecule has 0 aliphatic rings. The minimum Gasteiger partial charge on any atom is -0.335 e. The molecule has 27 heavy (non-hydrogen) atoms. The topological polar surface area (TPSA) is 77.0 Å². The van der Waals surface area contributed by atoms with E-state index in [-0.39, 0.29) is 17.7 Å². The summed E-state index contributed by atoms with van der Waals surface area (Å²) in [6, 6.07) is 17.6. The minimum absolute atomic E-state index is 0.00121. The Morgan fingerprint density at radius 3 is 2.56 bits per heavy atom. The molecule has 1 aromatic heterocycles. The van der Waals surface area contributed by atoms with E-state index >= 15 is 0 Å². The molecule has 0 saturated heterocycles. The fraction of sp³-hybridized carbons (Fsp3) is 0.250. The Morgan fingerprint density at radius 1 is 1.15 bits per heavy atom. The predicted molar refractivity (Wildman–Crippen MR) is 110 cm³/mol. The highest BCUT2D eigenvalue weighted by molar-refractivity contribution is 7.99. The Hall–Kier alpha value is -2.80. The van der Waals surface area contributed by atoms with Crippen molar-refractivity contribution < 1.29 is 4.79 Å². The molecule has 6 nitrogen and oxygen atoms in total. The van der Waals surface area contributed by atoms with Gasteiger partial charge in [-0.15, -0.1) is 10.2 Å². The Morgan fingerprint density at radius 2 is 1.89 bits per heavy atom. The van der Waals surface area contributed by atoms with Crippen molar-refractivity contribution in [2.75, 3.05) is 16.5 Å². The van der Waals surface area contributed by atoms with Gasteiger partial charge < -0.3 is 10.7 Å². The van der Waals surface area contributed by atoms with Gasteiger partial charge in [0.1, 0.15) is 0 Å². The summed E-state index contributed by atoms with van der Waals surface area (Å²) in [5.41, 5.74) is 2.90. The molecular weight excluding hydrogens is 358 g/mol. The molecule has 0 atom stereocenters. The van der Waals surface area contributed by atoms with E-state index in [0.29, 0.717) is 11.0 Å². The van der Waals surface area contributed by atoms with Crippen LogP contribution in [0, 0.1) is 6.92 Å². The van der Waals surface area contributed by atoms with Crippen LogP contribution < -0.4 is 10.7 Å². The molecule has 7 heteroatoms. The van der Waals surface area contributed by atoms with E-state index in [2.05, 4.69) is 10.2 Å². The van der Waals surface area contributed by atoms with Crippen LogP contribution in [-0.2, 0) is 4.79 Å². The van der Waals surface area contributed by atoms with Crippen molar-refractivity contribution in [3.63, 3.8) is 0 Å². The third-order valence-corrected chi connectivity index (χ3v) is 5.01. The number of para-hydroxylation sites is 1. The van der Waals surface area contributed by atoms with Crippen LogP contribution in [0.3, 0.4) is 0 Å². The number of anilines is 1. The predicted octanol–water partition coefficient (Wildman–Crippen LogP) is 3.50. The maximum absolute atomic E-state index is 12.8. The van der Waals surface area contributed by atoms with E-state index in [9.17, 15) is 4.79 Å². The SMILES string of the molecule is Cc1cccc(-c2nnc(SCC(=O)N(c3ccccc3)C(C)C)n2N)c1. The summed E-state index contributed by atoms with van der Waals surface area (Å²) in [6.45, 7) is 6.01. The van der Waals surface area contributed by atoms with E-state index in [1.54, 1.807) is 4.90 Å². The third kappa shape index (κ3) is 4.31. The number of rotatable bonds is 6. The van der Waals surface area contributed by atoms with Gasteiger partial charge in [-0.25, -0.2) is 4.68 Å². The number of carbonyl (C=O) groups excluding carboxylic acids is 1. The first-order chi connectivity index (χ1) is 13.0. The molecule has 3 rings (SSSR count). The number of nitrogen functional groups attached to an aromatic ring is 1. The number of benzene rings is 2. The molecule has 0 saturated carbocycles. The first-order valence-electron chi connectivity index (χ1n) is 8.75. The van der Waals surface area contributed by atoms with Gasteiger partial charge in [-0.05, 0) is 39.0 Å². The van der Waals surface area contributed by atoms with Gasteiger partial charge in [-0.3, -0.25) is 4.79 Å². The van der Waals surface area contributed by atoms with Gasteiger partial charge in [-0.1, -0.05) is 53.7 Å². The second kappa shape index (κ2) is 8.26. The number of aryl methyl sites for hydroxylation is 1. The van der Waals surface area contributed by atoms with Crippen LogP contribution in [0.4, 0.5) is 5.69 Å². The molecule has 3 aromatic rings. The highest BCUT2D eigenvalue weighted by Gasteiger charge is 2.21. The molecule has 140 valence electrons. The maximum atomic E-state index is 12.8. The Balaban J connectivity index is 1.74. The van der Waals surface area contributed by atoms with Crippen LogP contribution in [-0.4, -0.2) is 32.6 Å². The molecule has 0 bridgehead atoms. The lowest BCUT2D eigenvalue weighted by Crippen LogP contribution is -2.38. The number of nitrogens with zero attached hydrogens (tertiary/aromatic N) is 4. The van der Waals surface area contributed by atoms with Crippen LogP contribution >= 0.6 is 11.8 Å². The molecule has 0 aliphatic carbocycles. The summed E-state index contributed by atoms with van der Waals surface area (Å²) in [7, 11) is 0. The number of aromatic nitrogens is 3. The lowest BCUT2D eigenvalue weighted by atomic mass is 10.1. The van der Waals surface area contributed by atoms with Crippen molar-refractivity contribution >= 4 is 23.4 Å². The van der Waals surface area contributed by atoms with Crippen LogP contribution in [0.1, 0.15) is 19.4 Å². The van der Waals surface area contributed by atoms with E-state index in [1.165, 1.54) is 16.4 Å². The molecule has 0 radical (unpaired) electrons. The van der Waals surface area contributed by atoms with Crippen molar-refractivity contribution in [2.24, 2.45) is 0 Å². The first kappa shape index (κ1) is 19.0. The summed E-state index contributed by atoms with van der Waals surface area (Å²) >= 11 is 1.29. The van der Waals surface area contributed by atoms with Crippen LogP contribution in [0.5, 0.6) is 0 Å². The van der Waals surface area contributed by atoms with Gasteiger partial charge in [0, 0.05) is 17.3 Å². The van der Waals surface area contributed by atoms with Crippen LogP contribution in [0.25, 0.3) is 11.4 Å². The zero-order chi connectivity index (χ0) is 19.4. The quantitative estimate of drug-likeness (QED) is 0.522. The lowest BCUT2D eigenvalue weighted by molar-refractivity contribution is -0.116. The fourth-order valence-corrected chi connectivity index (χ4v) is 3.59. The number of thioether (sulfide) groups is 1. The number of hydrogen-bond acceptors (Lipinski definition) is 5. The Bertz CT molecular complexity index is 923. The van der Waals surface area contributed by atoms with E-state index in [1.807, 2.05) is 75.4 Å². The molecule has 0 aliphatic heterocycles. The standard InChI is InChI=1S/C20H23N5OS/c1-14(2)24(17-10-5-4-6-11-17)18(26)13-27-20-23-22-19(25(20)21)16-9-7-8-15(3)12-16/h4-12,14H,13,21H2,1-3H3. The maximum Gasteiger partial charge on any atom is 0.237 e. The minimum atomic E-state index is 0.00121. The van der Waals surface area contributed by atoms with Gasteiger partial charge >= 0.3 is 0 Å². The smallest absolute Gasteiger partial charge is 0.237 e. The molecule has 2 aromatic carbocycles. The van der Waals surface area contributed by atoms with Crippen molar-refractivity contribution in [1.29, 1.82) is 0 Å². The zero-order valence-corrected chi connectivity index (χ0v) is 16.5. The van der Waals surface area contributed by atoms with E-state index in [0.717, 1.165) is 16.8 Å². The summed E-state index contributed by atoms with van der Waals surface area (Å²) in [5.74, 6) is 6.98. The summed E-state index contributed by atoms with van der Waals surface area (Å²) in [6.07, 6.45) is 0. The molecule has 1 amide bonds. The molecule has 0 fully saturated rings. The second-order valence-corrected chi connectivity index (χ2v) is 7.47. The largest absolute Gasteiger partial charge is 0.335 e. The van der Waals surface area contributed by atoms with Crippen molar-refractivity contribution in [3.05, 3.63) is 60.2 Å². The molecule has 2 N–H and O–H groups in total. The van der Waals surface area contributed by atoms with Crippen LogP contribution in [0.15, 0.2) is 59.8 Å². The van der Waals surface area contributed by atoms with Gasteiger partial charge in [-0.2, -0.15) is 0 Å². The average molecular weight is 382 g/mol. The Kier molecular flexibility index (Phi) is 5.81. The van der Waals surface area contributed by atoms with Gasteiger partial charge in [0.05, 0.1) is 5.75 Å². The van der Waals surface area contributed by atoms with Gasteiger partial charge in [0.2, 0.25) is 11.1 Å². The average Bonchev–Trinajstić information content (AvgIpc) is 3.01. The fourth-order valence-electron chi connectivity index (χ4n) is 2.87. The van der Waals surface area contributed by atoms with Crippen molar-refractivity contribution in [1.82, 2.24) is 14.9 Å². The van der Waals surface area contributed by atoms with E-state index < -0.39 is 0 Å². The second-order valence-electron chi connectivity index (χ2n) is 6.53. The highest BCUT2D eigenvalue weighted by atomic mass is 32.2. The zero-order valence-electron chi connectivity index (χ0n) is 15.7. The molecule has 0 spiro atoms. The third-order valence-electron chi connectivity index (χ3n) is 4.09. The number of nitrogens with two attached hydrogens (primary N) is 1. The lowest BCUT2D eigenvalue weighted by Gasteiger charge is -2.26. The number of amides is 1. The van der Waals surface area contributed by atoms with Gasteiger partial charge in [0.25, 0.3) is 0 Å². The first-order valence-corrected chi connectivity index (χ1v) is 9.73. The molecule has 0 unspecified atom stereocenters. The van der Waals surface area contributed by atoms with Crippen molar-refractivity contribution in [3.8, 4) is 11.4 Å². The normalized spacial score (nSPS) is 11.0. The van der Waals surface area contributed by atoms with E-state index in [4.69, 9.17) is 5.84 Å². The monoisotopic (exact) mass is 381 g/mol. The van der Waals surface area contributed by atoms with Crippen LogP contribution in [0.2, 0.25) is 0 Å². The molecule has 1 heterocycles. The summed E-state index contributed by atoms with van der Waals surface area (Å²) in [4.78, 5) is 14.6. The number of hydrogen-bond donors (Lipinski definition) is 1.